The Hall–Kier alpha value is -1.58. The standard InChI is InChI=1S/C44H62Cl2O6P2/c1-3-49-39(47)29-51-43-35(45)25-27-37(53(31-17-9-5-10-18-31)32-19-11-6-12-20-32)41(43)42-38(28-26-36(46)44(42)52-30-40(48)50-4-2)54(33-21-13-7-14-22-33)34-23-15-8-16-24-34/h25-28,31-34H,3-24,29-30H2,1-2H3. The highest BCUT2D eigenvalue weighted by atomic mass is 35.5. The molecule has 0 unspecified atom stereocenters. The van der Waals surface area contributed by atoms with Crippen LogP contribution in [0.25, 0.3) is 11.1 Å². The van der Waals surface area contributed by atoms with Crippen molar-refractivity contribution in [3.63, 3.8) is 0 Å². The van der Waals surface area contributed by atoms with Crippen molar-refractivity contribution in [3.8, 4) is 22.6 Å². The van der Waals surface area contributed by atoms with Gasteiger partial charge in [0.1, 0.15) is 11.5 Å². The van der Waals surface area contributed by atoms with Crippen LogP contribution in [0.4, 0.5) is 0 Å². The van der Waals surface area contributed by atoms with Crippen LogP contribution in [0.15, 0.2) is 24.3 Å². The van der Waals surface area contributed by atoms with Crippen molar-refractivity contribution >= 4 is 61.6 Å². The molecule has 0 aromatic heterocycles. The number of halogens is 2. The van der Waals surface area contributed by atoms with Gasteiger partial charge in [0, 0.05) is 11.1 Å². The molecule has 2 aromatic carbocycles. The Labute approximate surface area is 337 Å². The van der Waals surface area contributed by atoms with E-state index in [9.17, 15) is 9.59 Å². The highest BCUT2D eigenvalue weighted by Gasteiger charge is 2.40. The molecule has 6 nitrogen and oxygen atoms in total. The Morgan fingerprint density at radius 3 is 1.09 bits per heavy atom. The predicted molar refractivity (Wildman–Crippen MR) is 227 cm³/mol. The summed E-state index contributed by atoms with van der Waals surface area (Å²) in [4.78, 5) is 25.9. The largest absolute Gasteiger partial charge is 0.480 e. The van der Waals surface area contributed by atoms with Gasteiger partial charge < -0.3 is 18.9 Å². The van der Waals surface area contributed by atoms with Crippen LogP contribution in [0.3, 0.4) is 0 Å². The van der Waals surface area contributed by atoms with E-state index in [4.69, 9.17) is 42.1 Å². The third-order valence-electron chi connectivity index (χ3n) is 12.1. The van der Waals surface area contributed by atoms with Crippen molar-refractivity contribution in [2.75, 3.05) is 26.4 Å². The molecule has 0 aliphatic heterocycles. The number of carbonyl (C=O) groups excluding carboxylic acids is 2. The summed E-state index contributed by atoms with van der Waals surface area (Å²) in [5, 5.41) is 3.50. The molecule has 4 saturated carbocycles. The minimum atomic E-state index is -0.646. The Morgan fingerprint density at radius 1 is 0.519 bits per heavy atom. The lowest BCUT2D eigenvalue weighted by molar-refractivity contribution is -0.146. The van der Waals surface area contributed by atoms with E-state index in [2.05, 4.69) is 12.1 Å². The summed E-state index contributed by atoms with van der Waals surface area (Å²) in [5.74, 6) is 0.160. The van der Waals surface area contributed by atoms with E-state index in [1.165, 1.54) is 139 Å². The van der Waals surface area contributed by atoms with E-state index in [0.717, 1.165) is 11.1 Å². The van der Waals surface area contributed by atoms with Crippen molar-refractivity contribution in [1.29, 1.82) is 0 Å². The minimum Gasteiger partial charge on any atom is -0.480 e. The van der Waals surface area contributed by atoms with Gasteiger partial charge in [-0.05, 0) is 111 Å². The molecular formula is C44H62Cl2O6P2. The first-order valence-corrected chi connectivity index (χ1v) is 24.9. The first-order valence-electron chi connectivity index (χ1n) is 21.2. The SMILES string of the molecule is CCOC(=O)COc1c(Cl)ccc(P(C2CCCCC2)C2CCCCC2)c1-c1c(P(C2CCCCC2)C2CCCCC2)ccc(Cl)c1OCC(=O)OCC. The molecule has 298 valence electrons. The first kappa shape index (κ1) is 42.0. The average Bonchev–Trinajstić information content (AvgIpc) is 3.20. The van der Waals surface area contributed by atoms with Gasteiger partial charge in [-0.3, -0.25) is 0 Å². The van der Waals surface area contributed by atoms with Crippen LogP contribution in [0.2, 0.25) is 10.0 Å². The maximum atomic E-state index is 13.0. The van der Waals surface area contributed by atoms with E-state index in [1.54, 1.807) is 0 Å². The van der Waals surface area contributed by atoms with Crippen LogP contribution in [-0.2, 0) is 19.1 Å². The van der Waals surface area contributed by atoms with Crippen molar-refractivity contribution < 1.29 is 28.5 Å². The summed E-state index contributed by atoms with van der Waals surface area (Å²) in [7, 11) is -1.29. The van der Waals surface area contributed by atoms with E-state index in [1.807, 2.05) is 26.0 Å². The van der Waals surface area contributed by atoms with Crippen LogP contribution in [0.5, 0.6) is 11.5 Å². The van der Waals surface area contributed by atoms with E-state index in [0.29, 0.717) is 44.2 Å². The zero-order valence-electron chi connectivity index (χ0n) is 32.7. The van der Waals surface area contributed by atoms with Crippen LogP contribution in [0.1, 0.15) is 142 Å². The Balaban J connectivity index is 1.64. The monoisotopic (exact) mass is 818 g/mol. The molecule has 10 heteroatoms. The summed E-state index contributed by atoms with van der Waals surface area (Å²) in [6.07, 6.45) is 25.1. The van der Waals surface area contributed by atoms with Crippen LogP contribution < -0.4 is 20.1 Å². The minimum absolute atomic E-state index is 0.246. The topological polar surface area (TPSA) is 71.1 Å². The molecule has 0 saturated heterocycles. The van der Waals surface area contributed by atoms with Gasteiger partial charge in [0.05, 0.1) is 23.3 Å². The van der Waals surface area contributed by atoms with E-state index >= 15 is 0 Å². The number of ether oxygens (including phenoxy) is 4. The summed E-state index contributed by atoms with van der Waals surface area (Å²) in [6, 6.07) is 8.56. The molecule has 54 heavy (non-hydrogen) atoms. The van der Waals surface area contributed by atoms with Crippen molar-refractivity contribution in [2.45, 2.75) is 165 Å². The van der Waals surface area contributed by atoms with Crippen LogP contribution in [0, 0.1) is 0 Å². The number of hydrogen-bond acceptors (Lipinski definition) is 6. The zero-order valence-corrected chi connectivity index (χ0v) is 36.0. The molecule has 0 radical (unpaired) electrons. The molecule has 2 aromatic rings. The summed E-state index contributed by atoms with van der Waals surface area (Å²) >= 11 is 14.5. The van der Waals surface area contributed by atoms with Gasteiger partial charge in [0.2, 0.25) is 0 Å². The lowest BCUT2D eigenvalue weighted by atomic mass is 9.99. The Kier molecular flexibility index (Phi) is 16.5. The highest BCUT2D eigenvalue weighted by molar-refractivity contribution is 7.68. The normalized spacial score (nSPS) is 19.6. The van der Waals surface area contributed by atoms with Gasteiger partial charge in [-0.15, -0.1) is 0 Å². The lowest BCUT2D eigenvalue weighted by Gasteiger charge is -2.42. The molecule has 6 rings (SSSR count). The zero-order chi connectivity index (χ0) is 37.9. The average molecular weight is 820 g/mol. The maximum absolute atomic E-state index is 13.0. The fourth-order valence-corrected chi connectivity index (χ4v) is 18.1. The molecule has 0 amide bonds. The van der Waals surface area contributed by atoms with Crippen LogP contribution >= 0.6 is 39.0 Å². The van der Waals surface area contributed by atoms with Crippen molar-refractivity contribution in [2.24, 2.45) is 0 Å². The molecule has 0 N–H and O–H groups in total. The van der Waals surface area contributed by atoms with Gasteiger partial charge in [-0.25, -0.2) is 9.59 Å². The van der Waals surface area contributed by atoms with Gasteiger partial charge in [-0.2, -0.15) is 0 Å². The summed E-state index contributed by atoms with van der Waals surface area (Å²) in [5.41, 5.74) is 4.26. The molecule has 4 fully saturated rings. The number of carbonyl (C=O) groups is 2. The molecule has 4 aliphatic rings. The molecular weight excluding hydrogens is 757 g/mol. The fourth-order valence-electron chi connectivity index (χ4n) is 9.78. The van der Waals surface area contributed by atoms with E-state index in [-0.39, 0.29) is 26.4 Å². The summed E-state index contributed by atoms with van der Waals surface area (Å²) in [6.45, 7) is 3.67. The van der Waals surface area contributed by atoms with Gasteiger partial charge in [-0.1, -0.05) is 128 Å². The van der Waals surface area contributed by atoms with Crippen molar-refractivity contribution in [1.82, 2.24) is 0 Å². The quantitative estimate of drug-likeness (QED) is 0.132. The predicted octanol–water partition coefficient (Wildman–Crippen LogP) is 12.1. The molecule has 0 spiro atoms. The molecule has 4 aliphatic carbocycles. The number of hydrogen-bond donors (Lipinski definition) is 0. The first-order chi connectivity index (χ1) is 26.4. The van der Waals surface area contributed by atoms with Crippen LogP contribution in [-0.4, -0.2) is 61.0 Å². The Morgan fingerprint density at radius 2 is 0.815 bits per heavy atom. The third-order valence-corrected chi connectivity index (χ3v) is 19.8. The maximum Gasteiger partial charge on any atom is 0.344 e. The van der Waals surface area contributed by atoms with Gasteiger partial charge in [0.25, 0.3) is 0 Å². The second-order valence-corrected chi connectivity index (χ2v) is 22.0. The fraction of sp³-hybridized carbons (Fsp3) is 0.682. The number of rotatable bonds is 15. The smallest absolute Gasteiger partial charge is 0.344 e. The van der Waals surface area contributed by atoms with E-state index < -0.39 is 27.8 Å². The second kappa shape index (κ2) is 21.3. The molecule has 0 atom stereocenters. The Bertz CT molecular complexity index is 1380. The second-order valence-electron chi connectivity index (χ2n) is 15.7. The third kappa shape index (κ3) is 10.5. The summed E-state index contributed by atoms with van der Waals surface area (Å²) < 4.78 is 24.0. The number of esters is 2. The lowest BCUT2D eigenvalue weighted by Crippen LogP contribution is -2.30. The van der Waals surface area contributed by atoms with Crippen molar-refractivity contribution in [3.05, 3.63) is 34.3 Å². The molecule has 0 bridgehead atoms. The van der Waals surface area contributed by atoms with Gasteiger partial charge >= 0.3 is 11.9 Å². The number of benzene rings is 2. The molecule has 0 heterocycles. The highest BCUT2D eigenvalue weighted by Crippen LogP contribution is 2.61. The van der Waals surface area contributed by atoms with Gasteiger partial charge in [0.15, 0.2) is 13.2 Å².